The van der Waals surface area contributed by atoms with Crippen LogP contribution in [0.25, 0.3) is 0 Å². The summed E-state index contributed by atoms with van der Waals surface area (Å²) in [5.41, 5.74) is 3.23. The Morgan fingerprint density at radius 1 is 1.25 bits per heavy atom. The molecule has 4 heteroatoms. The lowest BCUT2D eigenvalue weighted by Crippen LogP contribution is -2.07. The summed E-state index contributed by atoms with van der Waals surface area (Å²) < 4.78 is 0. The summed E-state index contributed by atoms with van der Waals surface area (Å²) in [6, 6.07) is 14.5. The number of nitriles is 1. The number of hydrogen-bond donors (Lipinski definition) is 1. The fraction of sp³-hybridized carbons (Fsp3) is 0.250. The van der Waals surface area contributed by atoms with E-state index >= 15 is 0 Å². The van der Waals surface area contributed by atoms with Gasteiger partial charge in [0.2, 0.25) is 0 Å². The van der Waals surface area contributed by atoms with Crippen molar-refractivity contribution in [1.29, 1.82) is 5.26 Å². The second kappa shape index (κ2) is 6.97. The van der Waals surface area contributed by atoms with Crippen LogP contribution in [0.5, 0.6) is 0 Å². The van der Waals surface area contributed by atoms with Crippen LogP contribution in [0.3, 0.4) is 0 Å². The van der Waals surface area contributed by atoms with Gasteiger partial charge in [0, 0.05) is 22.9 Å². The van der Waals surface area contributed by atoms with E-state index in [0.29, 0.717) is 5.56 Å². The smallest absolute Gasteiger partial charge is 0.103 e. The van der Waals surface area contributed by atoms with Crippen LogP contribution in [0.1, 0.15) is 17.0 Å². The molecule has 0 fully saturated rings. The van der Waals surface area contributed by atoms with E-state index in [0.717, 1.165) is 29.4 Å². The SMILES string of the molecule is Cc1cc(NCCSc2ccccc2)c(C#N)c(C)n1. The Balaban J connectivity index is 1.93. The van der Waals surface area contributed by atoms with E-state index in [1.54, 1.807) is 11.8 Å². The van der Waals surface area contributed by atoms with Crippen LogP contribution < -0.4 is 5.32 Å². The molecule has 0 aliphatic carbocycles. The van der Waals surface area contributed by atoms with Crippen molar-refractivity contribution in [3.05, 3.63) is 53.3 Å². The molecule has 102 valence electrons. The third kappa shape index (κ3) is 3.75. The third-order valence-electron chi connectivity index (χ3n) is 2.87. The first kappa shape index (κ1) is 14.4. The van der Waals surface area contributed by atoms with Gasteiger partial charge in [0.05, 0.1) is 16.9 Å². The summed E-state index contributed by atoms with van der Waals surface area (Å²) >= 11 is 1.80. The number of anilines is 1. The maximum atomic E-state index is 9.19. The maximum Gasteiger partial charge on any atom is 0.103 e. The molecule has 0 saturated carbocycles. The minimum Gasteiger partial charge on any atom is -0.383 e. The predicted octanol–water partition coefficient (Wildman–Crippen LogP) is 3.77. The summed E-state index contributed by atoms with van der Waals surface area (Å²) in [7, 11) is 0. The molecule has 1 aromatic heterocycles. The van der Waals surface area contributed by atoms with Crippen LogP contribution >= 0.6 is 11.8 Å². The van der Waals surface area contributed by atoms with Crippen LogP contribution in [0, 0.1) is 25.2 Å². The van der Waals surface area contributed by atoms with Gasteiger partial charge in [-0.3, -0.25) is 4.98 Å². The van der Waals surface area contributed by atoms with Crippen molar-refractivity contribution in [3.8, 4) is 6.07 Å². The number of thioether (sulfide) groups is 1. The third-order valence-corrected chi connectivity index (χ3v) is 3.88. The zero-order valence-corrected chi connectivity index (χ0v) is 12.5. The predicted molar refractivity (Wildman–Crippen MR) is 84.1 cm³/mol. The molecule has 3 nitrogen and oxygen atoms in total. The molecule has 20 heavy (non-hydrogen) atoms. The van der Waals surface area contributed by atoms with Crippen molar-refractivity contribution in [1.82, 2.24) is 4.98 Å². The van der Waals surface area contributed by atoms with Gasteiger partial charge in [0.15, 0.2) is 0 Å². The zero-order valence-electron chi connectivity index (χ0n) is 11.7. The Kier molecular flexibility index (Phi) is 5.03. The highest BCUT2D eigenvalue weighted by Crippen LogP contribution is 2.20. The standard InChI is InChI=1S/C16H17N3S/c1-12-10-16(15(11-17)13(2)19-12)18-8-9-20-14-6-4-3-5-7-14/h3-7,10H,8-9H2,1-2H3,(H,18,19). The fourth-order valence-corrected chi connectivity index (χ4v) is 2.77. The highest BCUT2D eigenvalue weighted by Gasteiger charge is 2.07. The Bertz CT molecular complexity index is 618. The van der Waals surface area contributed by atoms with Gasteiger partial charge in [-0.25, -0.2) is 0 Å². The van der Waals surface area contributed by atoms with Crippen LogP contribution in [0.4, 0.5) is 5.69 Å². The monoisotopic (exact) mass is 283 g/mol. The van der Waals surface area contributed by atoms with Crippen molar-refractivity contribution in [2.45, 2.75) is 18.7 Å². The first-order valence-corrected chi connectivity index (χ1v) is 7.49. The van der Waals surface area contributed by atoms with E-state index in [-0.39, 0.29) is 0 Å². The lowest BCUT2D eigenvalue weighted by atomic mass is 10.1. The Hall–Kier alpha value is -1.99. The number of nitrogens with one attached hydrogen (secondary N) is 1. The number of rotatable bonds is 5. The average Bonchev–Trinajstić information content (AvgIpc) is 2.44. The molecule has 0 aliphatic rings. The van der Waals surface area contributed by atoms with Gasteiger partial charge in [-0.05, 0) is 32.0 Å². The van der Waals surface area contributed by atoms with Crippen LogP contribution in [-0.4, -0.2) is 17.3 Å². The molecule has 0 bridgehead atoms. The minimum absolute atomic E-state index is 0.639. The largest absolute Gasteiger partial charge is 0.383 e. The fourth-order valence-electron chi connectivity index (χ4n) is 1.98. The second-order valence-corrected chi connectivity index (χ2v) is 5.64. The van der Waals surface area contributed by atoms with Gasteiger partial charge >= 0.3 is 0 Å². The quantitative estimate of drug-likeness (QED) is 0.670. The Morgan fingerprint density at radius 3 is 2.70 bits per heavy atom. The van der Waals surface area contributed by atoms with E-state index < -0.39 is 0 Å². The number of aryl methyl sites for hydroxylation is 2. The molecule has 2 rings (SSSR count). The normalized spacial score (nSPS) is 10.1. The van der Waals surface area contributed by atoms with E-state index in [2.05, 4.69) is 28.5 Å². The molecule has 1 aromatic carbocycles. The van der Waals surface area contributed by atoms with Gasteiger partial charge in [-0.1, -0.05) is 18.2 Å². The first-order valence-electron chi connectivity index (χ1n) is 6.51. The van der Waals surface area contributed by atoms with Crippen molar-refractivity contribution in [2.24, 2.45) is 0 Å². The molecule has 0 amide bonds. The van der Waals surface area contributed by atoms with Crippen molar-refractivity contribution in [3.63, 3.8) is 0 Å². The van der Waals surface area contributed by atoms with Gasteiger partial charge in [-0.2, -0.15) is 5.26 Å². The zero-order chi connectivity index (χ0) is 14.4. The highest BCUT2D eigenvalue weighted by atomic mass is 32.2. The van der Waals surface area contributed by atoms with Crippen LogP contribution in [0.2, 0.25) is 0 Å². The Morgan fingerprint density at radius 2 is 2.00 bits per heavy atom. The maximum absolute atomic E-state index is 9.19. The van der Waals surface area contributed by atoms with E-state index in [9.17, 15) is 5.26 Å². The number of benzene rings is 1. The molecule has 0 unspecified atom stereocenters. The van der Waals surface area contributed by atoms with Gasteiger partial charge in [0.25, 0.3) is 0 Å². The van der Waals surface area contributed by atoms with Gasteiger partial charge in [0.1, 0.15) is 6.07 Å². The van der Waals surface area contributed by atoms with Crippen molar-refractivity contribution >= 4 is 17.4 Å². The summed E-state index contributed by atoms with van der Waals surface area (Å²) in [5.74, 6) is 0.954. The lowest BCUT2D eigenvalue weighted by Gasteiger charge is -2.10. The molecule has 0 atom stereocenters. The van der Waals surface area contributed by atoms with E-state index in [1.165, 1.54) is 4.90 Å². The van der Waals surface area contributed by atoms with Crippen molar-refractivity contribution < 1.29 is 0 Å². The van der Waals surface area contributed by atoms with E-state index in [4.69, 9.17) is 0 Å². The number of hydrogen-bond acceptors (Lipinski definition) is 4. The van der Waals surface area contributed by atoms with Crippen LogP contribution in [-0.2, 0) is 0 Å². The van der Waals surface area contributed by atoms with E-state index in [1.807, 2.05) is 38.1 Å². The minimum atomic E-state index is 0.639. The Labute approximate surface area is 124 Å². The molecule has 2 aromatic rings. The summed E-state index contributed by atoms with van der Waals surface area (Å²) in [5, 5.41) is 12.5. The molecular weight excluding hydrogens is 266 g/mol. The molecular formula is C16H17N3S. The van der Waals surface area contributed by atoms with Gasteiger partial charge in [-0.15, -0.1) is 11.8 Å². The molecule has 0 radical (unpaired) electrons. The first-order chi connectivity index (χ1) is 9.70. The lowest BCUT2D eigenvalue weighted by molar-refractivity contribution is 1.10. The summed E-state index contributed by atoms with van der Waals surface area (Å²) in [6.07, 6.45) is 0. The van der Waals surface area contributed by atoms with Crippen LogP contribution in [0.15, 0.2) is 41.3 Å². The molecule has 0 aliphatic heterocycles. The molecule has 0 saturated heterocycles. The molecule has 1 heterocycles. The molecule has 0 spiro atoms. The summed E-state index contributed by atoms with van der Waals surface area (Å²) in [4.78, 5) is 5.57. The second-order valence-electron chi connectivity index (χ2n) is 4.47. The summed E-state index contributed by atoms with van der Waals surface area (Å²) in [6.45, 7) is 4.63. The highest BCUT2D eigenvalue weighted by molar-refractivity contribution is 7.99. The number of nitrogens with zero attached hydrogens (tertiary/aromatic N) is 2. The average molecular weight is 283 g/mol. The van der Waals surface area contributed by atoms with Gasteiger partial charge < -0.3 is 5.32 Å². The molecule has 1 N–H and O–H groups in total. The number of pyridine rings is 1. The van der Waals surface area contributed by atoms with Crippen molar-refractivity contribution in [2.75, 3.05) is 17.6 Å². The topological polar surface area (TPSA) is 48.7 Å². The number of aromatic nitrogens is 1.